The number of aromatic nitrogens is 3. The van der Waals surface area contributed by atoms with Gasteiger partial charge in [-0.05, 0) is 44.4 Å². The zero-order valence-electron chi connectivity index (χ0n) is 17.8. The van der Waals surface area contributed by atoms with Gasteiger partial charge in [-0.3, -0.25) is 9.36 Å². The van der Waals surface area contributed by atoms with Crippen LogP contribution in [0.25, 0.3) is 11.4 Å². The highest BCUT2D eigenvalue weighted by Gasteiger charge is 2.28. The Morgan fingerprint density at radius 3 is 2.45 bits per heavy atom. The van der Waals surface area contributed by atoms with Gasteiger partial charge in [0.2, 0.25) is 5.91 Å². The molecule has 1 fully saturated rings. The van der Waals surface area contributed by atoms with Gasteiger partial charge < -0.3 is 5.32 Å². The van der Waals surface area contributed by atoms with E-state index in [2.05, 4.69) is 20.1 Å². The number of amides is 1. The predicted octanol–water partition coefficient (Wildman–Crippen LogP) is 6.07. The van der Waals surface area contributed by atoms with E-state index in [0.717, 1.165) is 34.9 Å². The molecule has 1 aromatic heterocycles. The Morgan fingerprint density at radius 2 is 1.74 bits per heavy atom. The third kappa shape index (κ3) is 4.96. The Hall–Kier alpha value is -2.31. The number of hydrogen-bond acceptors (Lipinski definition) is 4. The largest absolute Gasteiger partial charge is 0.349 e. The molecule has 1 saturated carbocycles. The minimum atomic E-state index is -0.297. The Balaban J connectivity index is 1.55. The fourth-order valence-electron chi connectivity index (χ4n) is 4.04. The van der Waals surface area contributed by atoms with Crippen LogP contribution in [0.4, 0.5) is 0 Å². The van der Waals surface area contributed by atoms with Crippen molar-refractivity contribution in [1.82, 2.24) is 20.1 Å². The van der Waals surface area contributed by atoms with Crippen molar-refractivity contribution in [3.05, 3.63) is 65.2 Å². The molecule has 0 saturated heterocycles. The van der Waals surface area contributed by atoms with E-state index >= 15 is 0 Å². The van der Waals surface area contributed by atoms with Gasteiger partial charge in [-0.2, -0.15) is 0 Å². The summed E-state index contributed by atoms with van der Waals surface area (Å²) in [7, 11) is 0. The molecule has 1 amide bonds. The minimum absolute atomic E-state index is 0.0124. The van der Waals surface area contributed by atoms with Gasteiger partial charge in [-0.15, -0.1) is 10.2 Å². The summed E-state index contributed by atoms with van der Waals surface area (Å²) in [5, 5.41) is 13.2. The highest BCUT2D eigenvalue weighted by Crippen LogP contribution is 2.39. The van der Waals surface area contributed by atoms with Crippen LogP contribution in [0.1, 0.15) is 57.2 Å². The molecule has 0 spiro atoms. The lowest BCUT2D eigenvalue weighted by Crippen LogP contribution is -2.33. The Bertz CT molecular complexity index is 1030. The van der Waals surface area contributed by atoms with E-state index in [1.54, 1.807) is 0 Å². The highest BCUT2D eigenvalue weighted by atomic mass is 35.5. The van der Waals surface area contributed by atoms with Crippen molar-refractivity contribution in [3.63, 3.8) is 0 Å². The molecule has 1 aliphatic rings. The maximum absolute atomic E-state index is 12.9. The fourth-order valence-corrected chi connectivity index (χ4v) is 5.19. The molecule has 2 aromatic carbocycles. The Kier molecular flexibility index (Phi) is 6.98. The third-order valence-electron chi connectivity index (χ3n) is 5.78. The number of rotatable bonds is 7. The van der Waals surface area contributed by atoms with Crippen LogP contribution in [0, 0.1) is 0 Å². The van der Waals surface area contributed by atoms with Crippen LogP contribution in [-0.4, -0.2) is 25.9 Å². The Labute approximate surface area is 192 Å². The van der Waals surface area contributed by atoms with E-state index in [9.17, 15) is 4.79 Å². The van der Waals surface area contributed by atoms with E-state index in [1.807, 2.05) is 68.4 Å². The molecule has 0 radical (unpaired) electrons. The maximum atomic E-state index is 12.9. The summed E-state index contributed by atoms with van der Waals surface area (Å²) in [5.74, 6) is 0.770. The second-order valence-corrected chi connectivity index (χ2v) is 9.71. The zero-order chi connectivity index (χ0) is 21.8. The standard InChI is InChI=1S/C24H27ClN4OS/c1-16(18-10-4-3-5-11-18)26-23(30)17(2)31-24-28-27-22(20-14-8-9-15-21(20)25)29(24)19-12-6-7-13-19/h3-5,8-11,14-17,19H,6-7,12-13H2,1-2H3,(H,26,30). The maximum Gasteiger partial charge on any atom is 0.233 e. The average molecular weight is 455 g/mol. The molecular formula is C24H27ClN4OS. The predicted molar refractivity (Wildman–Crippen MR) is 126 cm³/mol. The third-order valence-corrected chi connectivity index (χ3v) is 7.17. The lowest BCUT2D eigenvalue weighted by molar-refractivity contribution is -0.120. The van der Waals surface area contributed by atoms with Gasteiger partial charge in [0.05, 0.1) is 16.3 Å². The molecule has 2 atom stereocenters. The van der Waals surface area contributed by atoms with Gasteiger partial charge in [0.1, 0.15) is 0 Å². The molecule has 4 rings (SSSR count). The van der Waals surface area contributed by atoms with E-state index in [1.165, 1.54) is 24.6 Å². The fraction of sp³-hybridized carbons (Fsp3) is 0.375. The van der Waals surface area contributed by atoms with Gasteiger partial charge in [-0.25, -0.2) is 0 Å². The molecule has 31 heavy (non-hydrogen) atoms. The van der Waals surface area contributed by atoms with Crippen molar-refractivity contribution >= 4 is 29.3 Å². The summed E-state index contributed by atoms with van der Waals surface area (Å²) >= 11 is 7.92. The molecule has 7 heteroatoms. The molecule has 1 N–H and O–H groups in total. The van der Waals surface area contributed by atoms with Gasteiger partial charge >= 0.3 is 0 Å². The highest BCUT2D eigenvalue weighted by molar-refractivity contribution is 8.00. The van der Waals surface area contributed by atoms with Crippen molar-refractivity contribution in [3.8, 4) is 11.4 Å². The monoisotopic (exact) mass is 454 g/mol. The summed E-state index contributed by atoms with van der Waals surface area (Å²) in [5.41, 5.74) is 1.97. The summed E-state index contributed by atoms with van der Waals surface area (Å²) in [6, 6.07) is 18.0. The van der Waals surface area contributed by atoms with Crippen molar-refractivity contribution in [2.75, 3.05) is 0 Å². The first-order valence-electron chi connectivity index (χ1n) is 10.8. The lowest BCUT2D eigenvalue weighted by atomic mass is 10.1. The van der Waals surface area contributed by atoms with Crippen molar-refractivity contribution in [2.45, 2.75) is 62.0 Å². The van der Waals surface area contributed by atoms with Gasteiger partial charge in [0.15, 0.2) is 11.0 Å². The quantitative estimate of drug-likeness (QED) is 0.440. The SMILES string of the molecule is CC(Sc1nnc(-c2ccccc2Cl)n1C1CCCC1)C(=O)NC(C)c1ccccc1. The van der Waals surface area contributed by atoms with Gasteiger partial charge in [-0.1, -0.05) is 78.7 Å². The van der Waals surface area contributed by atoms with Crippen molar-refractivity contribution in [2.24, 2.45) is 0 Å². The molecule has 5 nitrogen and oxygen atoms in total. The summed E-state index contributed by atoms with van der Waals surface area (Å²) in [6.45, 7) is 3.92. The van der Waals surface area contributed by atoms with Crippen LogP contribution >= 0.6 is 23.4 Å². The second-order valence-electron chi connectivity index (χ2n) is 8.00. The zero-order valence-corrected chi connectivity index (χ0v) is 19.4. The molecule has 0 bridgehead atoms. The van der Waals surface area contributed by atoms with E-state index in [0.29, 0.717) is 11.1 Å². The Morgan fingerprint density at radius 1 is 1.06 bits per heavy atom. The number of halogens is 1. The topological polar surface area (TPSA) is 59.8 Å². The van der Waals surface area contributed by atoms with Gasteiger partial charge in [0, 0.05) is 11.6 Å². The van der Waals surface area contributed by atoms with Crippen LogP contribution in [0.2, 0.25) is 5.02 Å². The van der Waals surface area contributed by atoms with Crippen LogP contribution in [0.3, 0.4) is 0 Å². The molecule has 3 aromatic rings. The summed E-state index contributed by atoms with van der Waals surface area (Å²) in [6.07, 6.45) is 4.57. The number of nitrogens with one attached hydrogen (secondary N) is 1. The van der Waals surface area contributed by atoms with Crippen molar-refractivity contribution in [1.29, 1.82) is 0 Å². The van der Waals surface area contributed by atoms with Crippen molar-refractivity contribution < 1.29 is 4.79 Å². The molecule has 2 unspecified atom stereocenters. The second kappa shape index (κ2) is 9.88. The summed E-state index contributed by atoms with van der Waals surface area (Å²) < 4.78 is 2.20. The average Bonchev–Trinajstić information content (AvgIpc) is 3.44. The van der Waals surface area contributed by atoms with E-state index < -0.39 is 0 Å². The summed E-state index contributed by atoms with van der Waals surface area (Å²) in [4.78, 5) is 12.9. The van der Waals surface area contributed by atoms with Crippen LogP contribution in [-0.2, 0) is 4.79 Å². The number of hydrogen-bond donors (Lipinski definition) is 1. The van der Waals surface area contributed by atoms with Gasteiger partial charge in [0.25, 0.3) is 0 Å². The number of thioether (sulfide) groups is 1. The number of carbonyl (C=O) groups excluding carboxylic acids is 1. The number of nitrogens with zero attached hydrogens (tertiary/aromatic N) is 3. The molecular weight excluding hydrogens is 428 g/mol. The van der Waals surface area contributed by atoms with Crippen LogP contribution < -0.4 is 5.32 Å². The molecule has 1 aliphatic carbocycles. The first-order valence-corrected chi connectivity index (χ1v) is 12.0. The molecule has 0 aliphatic heterocycles. The van der Waals surface area contributed by atoms with E-state index in [4.69, 9.17) is 11.6 Å². The van der Waals surface area contributed by atoms with E-state index in [-0.39, 0.29) is 17.2 Å². The van der Waals surface area contributed by atoms with Crippen LogP contribution in [0.5, 0.6) is 0 Å². The number of benzene rings is 2. The smallest absolute Gasteiger partial charge is 0.233 e. The minimum Gasteiger partial charge on any atom is -0.349 e. The first kappa shape index (κ1) is 21.9. The molecule has 1 heterocycles. The number of carbonyl (C=O) groups is 1. The van der Waals surface area contributed by atoms with Crippen LogP contribution in [0.15, 0.2) is 59.8 Å². The normalized spacial score (nSPS) is 16.2. The lowest BCUT2D eigenvalue weighted by Gasteiger charge is -2.20. The first-order chi connectivity index (χ1) is 15.0. The molecule has 162 valence electrons.